The van der Waals surface area contributed by atoms with E-state index < -0.39 is 0 Å². The van der Waals surface area contributed by atoms with Gasteiger partial charge in [0, 0.05) is 0 Å². The molecule has 0 atom stereocenters. The summed E-state index contributed by atoms with van der Waals surface area (Å²) in [6.45, 7) is 6.51. The number of hydrogen-bond acceptors (Lipinski definition) is 0. The van der Waals surface area contributed by atoms with Gasteiger partial charge in [0.05, 0.1) is 0 Å². The van der Waals surface area contributed by atoms with Crippen molar-refractivity contribution < 1.29 is 0 Å². The van der Waals surface area contributed by atoms with Gasteiger partial charge in [0.1, 0.15) is 0 Å². The lowest BCUT2D eigenvalue weighted by atomic mass is 10.1. The summed E-state index contributed by atoms with van der Waals surface area (Å²) in [6.07, 6.45) is 3.39. The van der Waals surface area contributed by atoms with Crippen LogP contribution < -0.4 is 0 Å². The largest absolute Gasteiger partial charge is 0.0730 e. The zero-order valence-corrected chi connectivity index (χ0v) is 8.09. The minimum atomic E-state index is 1.13. The second-order valence-electron chi connectivity index (χ2n) is 3.20. The molecule has 0 fully saturated rings. The molecule has 0 aliphatic heterocycles. The molecule has 0 aliphatic rings. The quantitative estimate of drug-likeness (QED) is 0.617. The zero-order valence-electron chi connectivity index (χ0n) is 8.09. The number of allylic oxidation sites excluding steroid dienone is 1. The highest BCUT2D eigenvalue weighted by Crippen LogP contribution is 2.12. The van der Waals surface area contributed by atoms with E-state index in [1.54, 1.807) is 0 Å². The molecule has 0 radical (unpaired) electrons. The predicted molar refractivity (Wildman–Crippen MR) is 55.1 cm³/mol. The lowest BCUT2D eigenvalue weighted by Gasteiger charge is -2.00. The van der Waals surface area contributed by atoms with Gasteiger partial charge in [-0.2, -0.15) is 0 Å². The van der Waals surface area contributed by atoms with Gasteiger partial charge in [-0.3, -0.25) is 0 Å². The molecule has 0 aromatic heterocycles. The molecule has 0 N–H and O–H groups in total. The Morgan fingerprint density at radius 3 is 2.58 bits per heavy atom. The fourth-order valence-corrected chi connectivity index (χ4v) is 1.12. The van der Waals surface area contributed by atoms with Crippen molar-refractivity contribution in [2.45, 2.75) is 27.2 Å². The SMILES string of the molecule is CC/C(C)=C/c1ccccc1C. The normalized spacial score (nSPS) is 11.8. The van der Waals surface area contributed by atoms with Gasteiger partial charge in [-0.15, -0.1) is 0 Å². The third-order valence-corrected chi connectivity index (χ3v) is 2.15. The van der Waals surface area contributed by atoms with Gasteiger partial charge in [0.25, 0.3) is 0 Å². The molecule has 1 rings (SSSR count). The van der Waals surface area contributed by atoms with Crippen molar-refractivity contribution >= 4 is 6.08 Å². The van der Waals surface area contributed by atoms with Crippen LogP contribution >= 0.6 is 0 Å². The highest BCUT2D eigenvalue weighted by Gasteiger charge is 1.92. The molecule has 0 bridgehead atoms. The molecule has 0 saturated carbocycles. The standard InChI is InChI=1S/C12H16/c1-4-10(2)9-12-8-6-5-7-11(12)3/h5-9H,4H2,1-3H3/b10-9+. The van der Waals surface area contributed by atoms with E-state index in [-0.39, 0.29) is 0 Å². The van der Waals surface area contributed by atoms with Crippen molar-refractivity contribution in [3.8, 4) is 0 Å². The average molecular weight is 160 g/mol. The van der Waals surface area contributed by atoms with Crippen molar-refractivity contribution in [3.63, 3.8) is 0 Å². The van der Waals surface area contributed by atoms with Gasteiger partial charge in [-0.1, -0.05) is 42.8 Å². The molecule has 12 heavy (non-hydrogen) atoms. The molecule has 0 spiro atoms. The van der Waals surface area contributed by atoms with E-state index in [0.717, 1.165) is 6.42 Å². The Morgan fingerprint density at radius 2 is 2.00 bits per heavy atom. The maximum atomic E-state index is 2.26. The van der Waals surface area contributed by atoms with Crippen molar-refractivity contribution in [2.24, 2.45) is 0 Å². The van der Waals surface area contributed by atoms with Gasteiger partial charge in [0.2, 0.25) is 0 Å². The van der Waals surface area contributed by atoms with Crippen LogP contribution in [0.15, 0.2) is 29.8 Å². The summed E-state index contributed by atoms with van der Waals surface area (Å²) < 4.78 is 0. The van der Waals surface area contributed by atoms with Crippen LogP contribution in [0, 0.1) is 6.92 Å². The summed E-state index contributed by atoms with van der Waals surface area (Å²) >= 11 is 0. The molecule has 0 nitrogen and oxygen atoms in total. The summed E-state index contributed by atoms with van der Waals surface area (Å²) in [7, 11) is 0. The predicted octanol–water partition coefficient (Wildman–Crippen LogP) is 3.81. The summed E-state index contributed by atoms with van der Waals surface area (Å²) in [5.74, 6) is 0. The minimum absolute atomic E-state index is 1.13. The Balaban J connectivity index is 2.96. The van der Waals surface area contributed by atoms with Crippen LogP contribution in [0.1, 0.15) is 31.4 Å². The maximum Gasteiger partial charge on any atom is -0.0228 e. The van der Waals surface area contributed by atoms with E-state index in [4.69, 9.17) is 0 Å². The summed E-state index contributed by atoms with van der Waals surface area (Å²) in [5.41, 5.74) is 4.13. The maximum absolute atomic E-state index is 2.26. The van der Waals surface area contributed by atoms with Crippen LogP contribution in [0.25, 0.3) is 6.08 Å². The van der Waals surface area contributed by atoms with Gasteiger partial charge in [-0.25, -0.2) is 0 Å². The smallest absolute Gasteiger partial charge is 0.0228 e. The first-order valence-electron chi connectivity index (χ1n) is 4.47. The lowest BCUT2D eigenvalue weighted by molar-refractivity contribution is 1.11. The van der Waals surface area contributed by atoms with Crippen molar-refractivity contribution in [1.29, 1.82) is 0 Å². The number of benzene rings is 1. The second-order valence-corrected chi connectivity index (χ2v) is 3.20. The van der Waals surface area contributed by atoms with Gasteiger partial charge in [0.15, 0.2) is 0 Å². The first-order valence-corrected chi connectivity index (χ1v) is 4.47. The first kappa shape index (κ1) is 9.05. The molecular weight excluding hydrogens is 144 g/mol. The van der Waals surface area contributed by atoms with E-state index in [0.29, 0.717) is 0 Å². The van der Waals surface area contributed by atoms with Crippen LogP contribution in [0.5, 0.6) is 0 Å². The number of aryl methyl sites for hydroxylation is 1. The van der Waals surface area contributed by atoms with Gasteiger partial charge in [-0.05, 0) is 31.4 Å². The Hall–Kier alpha value is -1.04. The van der Waals surface area contributed by atoms with Crippen molar-refractivity contribution in [3.05, 3.63) is 41.0 Å². The number of rotatable bonds is 2. The summed E-state index contributed by atoms with van der Waals surface area (Å²) in [5, 5.41) is 0. The zero-order chi connectivity index (χ0) is 8.97. The van der Waals surface area contributed by atoms with E-state index in [2.05, 4.69) is 51.1 Å². The molecule has 0 unspecified atom stereocenters. The fourth-order valence-electron chi connectivity index (χ4n) is 1.12. The summed E-state index contributed by atoms with van der Waals surface area (Å²) in [6, 6.07) is 8.47. The Kier molecular flexibility index (Phi) is 3.09. The minimum Gasteiger partial charge on any atom is -0.0730 e. The second kappa shape index (κ2) is 4.10. The van der Waals surface area contributed by atoms with Crippen LogP contribution in [0.4, 0.5) is 0 Å². The Labute approximate surface area is 74.9 Å². The highest BCUT2D eigenvalue weighted by molar-refractivity contribution is 5.55. The van der Waals surface area contributed by atoms with Crippen LogP contribution in [0.2, 0.25) is 0 Å². The van der Waals surface area contributed by atoms with E-state index in [1.807, 2.05) is 0 Å². The summed E-state index contributed by atoms with van der Waals surface area (Å²) in [4.78, 5) is 0. The third kappa shape index (κ3) is 2.23. The van der Waals surface area contributed by atoms with Gasteiger partial charge < -0.3 is 0 Å². The van der Waals surface area contributed by atoms with E-state index in [1.165, 1.54) is 16.7 Å². The third-order valence-electron chi connectivity index (χ3n) is 2.15. The highest BCUT2D eigenvalue weighted by atomic mass is 14.0. The van der Waals surface area contributed by atoms with Gasteiger partial charge >= 0.3 is 0 Å². The van der Waals surface area contributed by atoms with Crippen LogP contribution in [-0.2, 0) is 0 Å². The molecule has 1 aromatic carbocycles. The molecule has 0 saturated heterocycles. The molecule has 64 valence electrons. The average Bonchev–Trinajstić information content (AvgIpc) is 2.09. The monoisotopic (exact) mass is 160 g/mol. The fraction of sp³-hybridized carbons (Fsp3) is 0.333. The molecule has 0 heteroatoms. The molecule has 1 aromatic rings. The van der Waals surface area contributed by atoms with E-state index >= 15 is 0 Å². The van der Waals surface area contributed by atoms with Crippen molar-refractivity contribution in [2.75, 3.05) is 0 Å². The van der Waals surface area contributed by atoms with Crippen molar-refractivity contribution in [1.82, 2.24) is 0 Å². The number of hydrogen-bond donors (Lipinski definition) is 0. The molecular formula is C12H16. The Bertz CT molecular complexity index is 282. The molecule has 0 amide bonds. The molecule has 0 heterocycles. The topological polar surface area (TPSA) is 0 Å². The first-order chi connectivity index (χ1) is 5.74. The lowest BCUT2D eigenvalue weighted by Crippen LogP contribution is -1.80. The Morgan fingerprint density at radius 1 is 1.33 bits per heavy atom. The van der Waals surface area contributed by atoms with Crippen LogP contribution in [0.3, 0.4) is 0 Å². The van der Waals surface area contributed by atoms with E-state index in [9.17, 15) is 0 Å². The molecule has 0 aliphatic carbocycles. The van der Waals surface area contributed by atoms with Crippen LogP contribution in [-0.4, -0.2) is 0 Å².